The summed E-state index contributed by atoms with van der Waals surface area (Å²) >= 11 is 0. The predicted octanol–water partition coefficient (Wildman–Crippen LogP) is 3.13. The fraction of sp³-hybridized carbons (Fsp3) is 0.227. The number of hydrogen-bond acceptors (Lipinski definition) is 6. The molecule has 5 rings (SSSR count). The first-order valence-electron chi connectivity index (χ1n) is 9.71. The molecule has 1 saturated heterocycles. The smallest absolute Gasteiger partial charge is 0.154 e. The van der Waals surface area contributed by atoms with E-state index in [1.807, 2.05) is 59.5 Å². The summed E-state index contributed by atoms with van der Waals surface area (Å²) < 4.78 is 7.26. The van der Waals surface area contributed by atoms with Crippen LogP contribution in [0.2, 0.25) is 0 Å². The number of hydrogen-bond donors (Lipinski definition) is 0. The van der Waals surface area contributed by atoms with Crippen LogP contribution in [0.5, 0.6) is 5.75 Å². The number of piperazine rings is 1. The molecule has 1 aliphatic heterocycles. The van der Waals surface area contributed by atoms with E-state index in [1.54, 1.807) is 7.11 Å². The van der Waals surface area contributed by atoms with Crippen molar-refractivity contribution >= 4 is 17.2 Å². The van der Waals surface area contributed by atoms with Crippen LogP contribution in [-0.4, -0.2) is 52.9 Å². The van der Waals surface area contributed by atoms with Gasteiger partial charge in [-0.1, -0.05) is 18.2 Å². The van der Waals surface area contributed by atoms with Gasteiger partial charge >= 0.3 is 0 Å². The Balaban J connectivity index is 1.42. The van der Waals surface area contributed by atoms with Gasteiger partial charge in [-0.05, 0) is 30.3 Å². The van der Waals surface area contributed by atoms with E-state index >= 15 is 0 Å². The SMILES string of the molecule is COc1cccc(-c2cc3c(N4CCN(c5ccccn5)CC4)nccn3n2)c1. The van der Waals surface area contributed by atoms with E-state index < -0.39 is 0 Å². The quantitative estimate of drug-likeness (QED) is 0.537. The van der Waals surface area contributed by atoms with Crippen LogP contribution in [-0.2, 0) is 0 Å². The maximum absolute atomic E-state index is 5.35. The Bertz CT molecular complexity index is 1120. The fourth-order valence-electron chi connectivity index (χ4n) is 3.76. The van der Waals surface area contributed by atoms with E-state index in [4.69, 9.17) is 9.84 Å². The van der Waals surface area contributed by atoms with Crippen molar-refractivity contribution in [2.24, 2.45) is 0 Å². The second-order valence-corrected chi connectivity index (χ2v) is 7.00. The van der Waals surface area contributed by atoms with Crippen LogP contribution in [0.1, 0.15) is 0 Å². The molecule has 1 aliphatic rings. The molecule has 0 bridgehead atoms. The predicted molar refractivity (Wildman–Crippen MR) is 114 cm³/mol. The lowest BCUT2D eigenvalue weighted by Gasteiger charge is -2.36. The molecule has 4 aromatic rings. The lowest BCUT2D eigenvalue weighted by Crippen LogP contribution is -2.47. The number of nitrogens with zero attached hydrogens (tertiary/aromatic N) is 6. The Morgan fingerprint density at radius 1 is 0.862 bits per heavy atom. The highest BCUT2D eigenvalue weighted by Gasteiger charge is 2.21. The second kappa shape index (κ2) is 7.43. The summed E-state index contributed by atoms with van der Waals surface area (Å²) in [6.07, 6.45) is 5.55. The molecule has 7 heteroatoms. The number of pyridine rings is 1. The maximum atomic E-state index is 5.35. The first kappa shape index (κ1) is 17.5. The van der Waals surface area contributed by atoms with Crippen LogP contribution in [0.4, 0.5) is 11.6 Å². The standard InChI is InChI=1S/C22H22N6O/c1-29-18-6-4-5-17(15-18)19-16-20-22(24-9-10-28(20)25-19)27-13-11-26(12-14-27)21-7-2-3-8-23-21/h2-10,15-16H,11-14H2,1H3. The molecule has 1 fully saturated rings. The van der Waals surface area contributed by atoms with Gasteiger partial charge in [0.05, 0.1) is 12.8 Å². The summed E-state index contributed by atoms with van der Waals surface area (Å²) in [5.74, 6) is 2.82. The van der Waals surface area contributed by atoms with Crippen molar-refractivity contribution < 1.29 is 4.74 Å². The Labute approximate surface area is 169 Å². The average Bonchev–Trinajstić information content (AvgIpc) is 3.24. The summed E-state index contributed by atoms with van der Waals surface area (Å²) in [5.41, 5.74) is 2.95. The van der Waals surface area contributed by atoms with Gasteiger partial charge < -0.3 is 14.5 Å². The van der Waals surface area contributed by atoms with Crippen molar-refractivity contribution in [1.29, 1.82) is 0 Å². The molecule has 29 heavy (non-hydrogen) atoms. The number of methoxy groups -OCH3 is 1. The van der Waals surface area contributed by atoms with Crippen LogP contribution < -0.4 is 14.5 Å². The molecule has 0 unspecified atom stereocenters. The minimum absolute atomic E-state index is 0.823. The van der Waals surface area contributed by atoms with Crippen molar-refractivity contribution in [3.63, 3.8) is 0 Å². The summed E-state index contributed by atoms with van der Waals surface area (Å²) in [6.45, 7) is 3.61. The average molecular weight is 386 g/mol. The molecule has 1 aromatic carbocycles. The molecule has 0 saturated carbocycles. The minimum atomic E-state index is 0.823. The largest absolute Gasteiger partial charge is 0.497 e. The molecule has 0 aliphatic carbocycles. The molecule has 0 radical (unpaired) electrons. The fourth-order valence-corrected chi connectivity index (χ4v) is 3.76. The van der Waals surface area contributed by atoms with Crippen molar-refractivity contribution in [3.8, 4) is 17.0 Å². The van der Waals surface area contributed by atoms with Gasteiger partial charge in [-0.3, -0.25) is 0 Å². The first-order valence-corrected chi connectivity index (χ1v) is 9.71. The second-order valence-electron chi connectivity index (χ2n) is 7.00. The molecule has 146 valence electrons. The van der Waals surface area contributed by atoms with Gasteiger partial charge in [0.15, 0.2) is 5.82 Å². The van der Waals surface area contributed by atoms with Crippen molar-refractivity contribution in [2.75, 3.05) is 43.1 Å². The summed E-state index contributed by atoms with van der Waals surface area (Å²) in [4.78, 5) is 13.8. The molecule has 0 amide bonds. The van der Waals surface area contributed by atoms with Crippen LogP contribution in [0.25, 0.3) is 16.8 Å². The Hall–Kier alpha value is -3.61. The Morgan fingerprint density at radius 3 is 2.52 bits per heavy atom. The van der Waals surface area contributed by atoms with Gasteiger partial charge in [0, 0.05) is 50.3 Å². The Kier molecular flexibility index (Phi) is 4.48. The van der Waals surface area contributed by atoms with E-state index in [0.29, 0.717) is 0 Å². The van der Waals surface area contributed by atoms with E-state index in [-0.39, 0.29) is 0 Å². The van der Waals surface area contributed by atoms with E-state index in [0.717, 1.165) is 60.3 Å². The number of ether oxygens (including phenoxy) is 1. The molecule has 3 aromatic heterocycles. The molecule has 0 N–H and O–H groups in total. The zero-order valence-corrected chi connectivity index (χ0v) is 16.3. The number of anilines is 2. The van der Waals surface area contributed by atoms with Crippen LogP contribution in [0, 0.1) is 0 Å². The summed E-state index contributed by atoms with van der Waals surface area (Å²) in [6, 6.07) is 16.1. The van der Waals surface area contributed by atoms with Crippen LogP contribution in [0.3, 0.4) is 0 Å². The van der Waals surface area contributed by atoms with E-state index in [1.165, 1.54) is 0 Å². The zero-order valence-electron chi connectivity index (χ0n) is 16.3. The highest BCUT2D eigenvalue weighted by atomic mass is 16.5. The monoisotopic (exact) mass is 386 g/mol. The van der Waals surface area contributed by atoms with E-state index in [2.05, 4.69) is 31.9 Å². The number of aromatic nitrogens is 4. The summed E-state index contributed by atoms with van der Waals surface area (Å²) in [5, 5.41) is 4.75. The first-order chi connectivity index (χ1) is 14.3. The molecular formula is C22H22N6O. The van der Waals surface area contributed by atoms with Crippen molar-refractivity contribution in [1.82, 2.24) is 19.6 Å². The molecule has 7 nitrogen and oxygen atoms in total. The molecule has 4 heterocycles. The van der Waals surface area contributed by atoms with E-state index in [9.17, 15) is 0 Å². The van der Waals surface area contributed by atoms with Gasteiger partial charge in [0.1, 0.15) is 17.1 Å². The molecular weight excluding hydrogens is 364 g/mol. The number of benzene rings is 1. The van der Waals surface area contributed by atoms with Gasteiger partial charge in [0.2, 0.25) is 0 Å². The maximum Gasteiger partial charge on any atom is 0.154 e. The highest BCUT2D eigenvalue weighted by molar-refractivity contribution is 5.76. The lowest BCUT2D eigenvalue weighted by molar-refractivity contribution is 0.415. The lowest BCUT2D eigenvalue weighted by atomic mass is 10.1. The number of fused-ring (bicyclic) bond motifs is 1. The van der Waals surface area contributed by atoms with Crippen molar-refractivity contribution in [3.05, 3.63) is 67.1 Å². The third-order valence-corrected chi connectivity index (χ3v) is 5.29. The van der Waals surface area contributed by atoms with Gasteiger partial charge in [-0.25, -0.2) is 14.5 Å². The Morgan fingerprint density at radius 2 is 1.72 bits per heavy atom. The zero-order chi connectivity index (χ0) is 19.6. The van der Waals surface area contributed by atoms with Gasteiger partial charge in [0.25, 0.3) is 0 Å². The number of rotatable bonds is 4. The summed E-state index contributed by atoms with van der Waals surface area (Å²) in [7, 11) is 1.68. The van der Waals surface area contributed by atoms with Crippen LogP contribution >= 0.6 is 0 Å². The van der Waals surface area contributed by atoms with Gasteiger partial charge in [-0.15, -0.1) is 0 Å². The minimum Gasteiger partial charge on any atom is -0.497 e. The van der Waals surface area contributed by atoms with Crippen LogP contribution in [0.15, 0.2) is 67.1 Å². The normalized spacial score (nSPS) is 14.4. The molecule has 0 spiro atoms. The third-order valence-electron chi connectivity index (χ3n) is 5.29. The highest BCUT2D eigenvalue weighted by Crippen LogP contribution is 2.28. The third kappa shape index (κ3) is 3.35. The van der Waals surface area contributed by atoms with Crippen molar-refractivity contribution in [2.45, 2.75) is 0 Å². The topological polar surface area (TPSA) is 58.8 Å². The molecule has 0 atom stereocenters. The van der Waals surface area contributed by atoms with Gasteiger partial charge in [-0.2, -0.15) is 5.10 Å².